The van der Waals surface area contributed by atoms with Gasteiger partial charge >= 0.3 is 0 Å². The maximum atomic E-state index is 5.31. The number of ether oxygens (including phenoxy) is 1. The number of hydrogen-bond donors (Lipinski definition) is 2. The van der Waals surface area contributed by atoms with E-state index in [1.165, 1.54) is 5.56 Å². The Kier molecular flexibility index (Phi) is 5.64. The lowest BCUT2D eigenvalue weighted by atomic mass is 9.84. The second-order valence-corrected chi connectivity index (χ2v) is 6.92. The van der Waals surface area contributed by atoms with Crippen molar-refractivity contribution >= 4 is 5.96 Å². The molecule has 1 rings (SSSR count). The molecule has 0 aliphatic heterocycles. The van der Waals surface area contributed by atoms with E-state index in [0.717, 1.165) is 18.3 Å². The van der Waals surface area contributed by atoms with Crippen LogP contribution in [0.25, 0.3) is 0 Å². The van der Waals surface area contributed by atoms with E-state index in [1.807, 2.05) is 12.1 Å². The number of methoxy groups -OCH3 is 1. The minimum Gasteiger partial charge on any atom is -0.497 e. The van der Waals surface area contributed by atoms with Crippen molar-refractivity contribution in [3.05, 3.63) is 29.8 Å². The summed E-state index contributed by atoms with van der Waals surface area (Å²) < 4.78 is 5.31. The Morgan fingerprint density at radius 1 is 1.19 bits per heavy atom. The predicted molar refractivity (Wildman–Crippen MR) is 90.3 cm³/mol. The van der Waals surface area contributed by atoms with Crippen molar-refractivity contribution in [3.8, 4) is 5.75 Å². The maximum Gasteiger partial charge on any atom is 0.191 e. The molecule has 118 valence electrons. The Bertz CT molecular complexity index is 487. The lowest BCUT2D eigenvalue weighted by Gasteiger charge is -2.29. The van der Waals surface area contributed by atoms with Gasteiger partial charge in [-0.25, -0.2) is 0 Å². The number of rotatable bonds is 4. The average molecular weight is 291 g/mol. The Morgan fingerprint density at radius 2 is 1.86 bits per heavy atom. The van der Waals surface area contributed by atoms with Gasteiger partial charge in [0, 0.05) is 24.5 Å². The van der Waals surface area contributed by atoms with Crippen LogP contribution in [0.15, 0.2) is 29.3 Å². The fraction of sp³-hybridized carbons (Fsp3) is 0.588. The van der Waals surface area contributed by atoms with Crippen LogP contribution in [0.4, 0.5) is 0 Å². The molecular weight excluding hydrogens is 262 g/mol. The molecule has 2 N–H and O–H groups in total. The van der Waals surface area contributed by atoms with E-state index in [9.17, 15) is 0 Å². The molecule has 0 aromatic heterocycles. The molecular formula is C17H29N3O. The molecule has 0 heterocycles. The lowest BCUT2D eigenvalue weighted by Crippen LogP contribution is -2.50. The average Bonchev–Trinajstić information content (AvgIpc) is 2.42. The van der Waals surface area contributed by atoms with E-state index < -0.39 is 0 Å². The molecule has 0 unspecified atom stereocenters. The first-order valence-corrected chi connectivity index (χ1v) is 7.31. The number of nitrogens with zero attached hydrogens (tertiary/aromatic N) is 1. The zero-order chi connectivity index (χ0) is 16.1. The van der Waals surface area contributed by atoms with Crippen LogP contribution in [0, 0.1) is 0 Å². The van der Waals surface area contributed by atoms with Crippen LogP contribution >= 0.6 is 0 Å². The fourth-order valence-electron chi connectivity index (χ4n) is 1.99. The molecule has 0 amide bonds. The largest absolute Gasteiger partial charge is 0.497 e. The summed E-state index contributed by atoms with van der Waals surface area (Å²) in [6.07, 6.45) is 0. The van der Waals surface area contributed by atoms with Gasteiger partial charge in [0.1, 0.15) is 5.75 Å². The first-order chi connectivity index (χ1) is 9.68. The van der Waals surface area contributed by atoms with Gasteiger partial charge in [-0.15, -0.1) is 0 Å². The van der Waals surface area contributed by atoms with Gasteiger partial charge in [0.15, 0.2) is 5.96 Å². The zero-order valence-corrected chi connectivity index (χ0v) is 14.4. The summed E-state index contributed by atoms with van der Waals surface area (Å²) in [6, 6.07) is 8.21. The van der Waals surface area contributed by atoms with Gasteiger partial charge in [0.2, 0.25) is 0 Å². The smallest absolute Gasteiger partial charge is 0.191 e. The molecule has 0 spiro atoms. The van der Waals surface area contributed by atoms with Crippen molar-refractivity contribution in [2.24, 2.45) is 4.99 Å². The SMILES string of the molecule is CN=C(NCC(C)(C)c1cccc(OC)c1)NC(C)(C)C. The third-order valence-electron chi connectivity index (χ3n) is 3.27. The fourth-order valence-corrected chi connectivity index (χ4v) is 1.99. The van der Waals surface area contributed by atoms with Crippen molar-refractivity contribution in [3.63, 3.8) is 0 Å². The van der Waals surface area contributed by atoms with Crippen molar-refractivity contribution in [1.29, 1.82) is 0 Å². The Morgan fingerprint density at radius 3 is 2.38 bits per heavy atom. The van der Waals surface area contributed by atoms with Crippen LogP contribution < -0.4 is 15.4 Å². The van der Waals surface area contributed by atoms with Crippen LogP contribution in [-0.2, 0) is 5.41 Å². The van der Waals surface area contributed by atoms with E-state index in [4.69, 9.17) is 4.74 Å². The zero-order valence-electron chi connectivity index (χ0n) is 14.4. The topological polar surface area (TPSA) is 45.7 Å². The first-order valence-electron chi connectivity index (χ1n) is 7.31. The third-order valence-corrected chi connectivity index (χ3v) is 3.27. The van der Waals surface area contributed by atoms with Gasteiger partial charge in [0.05, 0.1) is 7.11 Å². The molecule has 1 aromatic rings. The Labute approximate surface area is 129 Å². The van der Waals surface area contributed by atoms with Gasteiger partial charge in [-0.05, 0) is 38.5 Å². The molecule has 0 radical (unpaired) electrons. The molecule has 21 heavy (non-hydrogen) atoms. The lowest BCUT2D eigenvalue weighted by molar-refractivity contribution is 0.411. The van der Waals surface area contributed by atoms with E-state index >= 15 is 0 Å². The predicted octanol–water partition coefficient (Wildman–Crippen LogP) is 2.94. The number of benzene rings is 1. The molecule has 0 aliphatic carbocycles. The highest BCUT2D eigenvalue weighted by molar-refractivity contribution is 5.80. The Hall–Kier alpha value is -1.71. The minimum absolute atomic E-state index is 0.0120. The summed E-state index contributed by atoms with van der Waals surface area (Å²) in [7, 11) is 3.49. The molecule has 0 saturated carbocycles. The van der Waals surface area contributed by atoms with Crippen LogP contribution in [0.3, 0.4) is 0 Å². The number of aliphatic imine (C=N–C) groups is 1. The van der Waals surface area contributed by atoms with Crippen molar-refractivity contribution in [2.75, 3.05) is 20.7 Å². The van der Waals surface area contributed by atoms with Crippen molar-refractivity contribution in [2.45, 2.75) is 45.6 Å². The van der Waals surface area contributed by atoms with Gasteiger partial charge in [-0.2, -0.15) is 0 Å². The molecule has 1 aromatic carbocycles. The number of guanidine groups is 1. The summed E-state index contributed by atoms with van der Waals surface area (Å²) in [5.74, 6) is 1.70. The minimum atomic E-state index is -0.0238. The van der Waals surface area contributed by atoms with Crippen LogP contribution in [0.5, 0.6) is 5.75 Å². The molecule has 0 fully saturated rings. The molecule has 4 nitrogen and oxygen atoms in total. The summed E-state index contributed by atoms with van der Waals surface area (Å²) in [5, 5.41) is 6.77. The summed E-state index contributed by atoms with van der Waals surface area (Å²) in [6.45, 7) is 11.6. The van der Waals surface area contributed by atoms with E-state index in [2.05, 4.69) is 62.4 Å². The summed E-state index contributed by atoms with van der Waals surface area (Å²) >= 11 is 0. The van der Waals surface area contributed by atoms with Crippen molar-refractivity contribution < 1.29 is 4.74 Å². The van der Waals surface area contributed by atoms with Gasteiger partial charge in [-0.1, -0.05) is 26.0 Å². The van der Waals surface area contributed by atoms with Crippen LogP contribution in [0.1, 0.15) is 40.2 Å². The second-order valence-electron chi connectivity index (χ2n) is 6.92. The molecule has 4 heteroatoms. The highest BCUT2D eigenvalue weighted by atomic mass is 16.5. The molecule has 0 atom stereocenters. The van der Waals surface area contributed by atoms with Gasteiger partial charge in [-0.3, -0.25) is 4.99 Å². The molecule has 0 saturated heterocycles. The molecule has 0 aliphatic rings. The summed E-state index contributed by atoms with van der Waals surface area (Å²) in [5.41, 5.74) is 1.20. The van der Waals surface area contributed by atoms with E-state index in [1.54, 1.807) is 14.2 Å². The molecule has 0 bridgehead atoms. The van der Waals surface area contributed by atoms with Gasteiger partial charge < -0.3 is 15.4 Å². The second kappa shape index (κ2) is 6.83. The normalized spacial score (nSPS) is 13.0. The maximum absolute atomic E-state index is 5.31. The van der Waals surface area contributed by atoms with E-state index in [-0.39, 0.29) is 11.0 Å². The first kappa shape index (κ1) is 17.3. The Balaban J connectivity index is 2.75. The van der Waals surface area contributed by atoms with E-state index in [0.29, 0.717) is 0 Å². The monoisotopic (exact) mass is 291 g/mol. The van der Waals surface area contributed by atoms with Crippen LogP contribution in [-0.4, -0.2) is 32.2 Å². The van der Waals surface area contributed by atoms with Gasteiger partial charge in [0.25, 0.3) is 0 Å². The van der Waals surface area contributed by atoms with Crippen LogP contribution in [0.2, 0.25) is 0 Å². The van der Waals surface area contributed by atoms with Crippen molar-refractivity contribution in [1.82, 2.24) is 10.6 Å². The quantitative estimate of drug-likeness (QED) is 0.662. The summed E-state index contributed by atoms with van der Waals surface area (Å²) in [4.78, 5) is 4.27. The number of nitrogens with one attached hydrogen (secondary N) is 2. The third kappa shape index (κ3) is 5.66. The standard InChI is InChI=1S/C17H29N3O/c1-16(2,3)20-15(18-6)19-12-17(4,5)13-9-8-10-14(11-13)21-7/h8-11H,12H2,1-7H3,(H2,18,19,20). The highest BCUT2D eigenvalue weighted by Gasteiger charge is 2.22. The number of hydrogen-bond acceptors (Lipinski definition) is 2. The highest BCUT2D eigenvalue weighted by Crippen LogP contribution is 2.25.